The Bertz CT molecular complexity index is 963. The lowest BCUT2D eigenvalue weighted by Gasteiger charge is -2.03. The summed E-state index contributed by atoms with van der Waals surface area (Å²) >= 11 is 0. The SMILES string of the molecule is CC.CC.CC.CC.CCC.CCCC.CCCC.CCCC.Cc1ccc(C(C)C)cc1.Cc1ccc(C)cc1.Cc1ccc(C)cc1.Cc1ccc(C)cc1. The Kier molecular flexibility index (Phi) is 81.3. The molecule has 4 aromatic carbocycles. The van der Waals surface area contributed by atoms with E-state index in [1.54, 1.807) is 0 Å². The van der Waals surface area contributed by atoms with Crippen LogP contribution in [-0.4, -0.2) is 0 Å². The molecule has 0 aromatic heterocycles. The Morgan fingerprint density at radius 3 is 0.456 bits per heavy atom. The molecule has 0 saturated heterocycles. The predicted molar refractivity (Wildman–Crippen MR) is 276 cm³/mol. The number of hydrogen-bond acceptors (Lipinski definition) is 0. The van der Waals surface area contributed by atoms with Crippen LogP contribution in [0.5, 0.6) is 0 Å². The first-order valence-electron chi connectivity index (χ1n) is 23.4. The highest BCUT2D eigenvalue weighted by Gasteiger charge is 1.95. The van der Waals surface area contributed by atoms with E-state index in [1.807, 2.05) is 55.4 Å². The van der Waals surface area contributed by atoms with E-state index < -0.39 is 0 Å². The van der Waals surface area contributed by atoms with Crippen molar-refractivity contribution in [1.29, 1.82) is 0 Å². The molecular formula is C57H106. The number of aryl methyl sites for hydroxylation is 7. The molecule has 0 unspecified atom stereocenters. The van der Waals surface area contributed by atoms with E-state index in [0.29, 0.717) is 5.92 Å². The first-order valence-corrected chi connectivity index (χ1v) is 23.4. The fourth-order valence-electron chi connectivity index (χ4n) is 2.86. The zero-order chi connectivity index (χ0) is 46.5. The molecule has 0 saturated carbocycles. The lowest BCUT2D eigenvalue weighted by molar-refractivity contribution is 0.866. The van der Waals surface area contributed by atoms with Crippen LogP contribution in [0.15, 0.2) is 97.1 Å². The average molecular weight is 791 g/mol. The quantitative estimate of drug-likeness (QED) is 0.193. The third kappa shape index (κ3) is 71.1. The summed E-state index contributed by atoms with van der Waals surface area (Å²) in [6.07, 6.45) is 9.17. The number of unbranched alkanes of at least 4 members (excludes halogenated alkanes) is 3. The summed E-state index contributed by atoms with van der Waals surface area (Å²) in [7, 11) is 0. The maximum atomic E-state index is 2.21. The van der Waals surface area contributed by atoms with Crippen LogP contribution in [0.2, 0.25) is 0 Å². The Hall–Kier alpha value is -3.12. The topological polar surface area (TPSA) is 0 Å². The summed E-state index contributed by atoms with van der Waals surface area (Å²) in [6, 6.07) is 34.2. The third-order valence-corrected chi connectivity index (χ3v) is 6.90. The van der Waals surface area contributed by atoms with Gasteiger partial charge in [-0.05, 0) is 59.9 Å². The maximum Gasteiger partial charge on any atom is -0.0219 e. The van der Waals surface area contributed by atoms with Crippen LogP contribution in [0.4, 0.5) is 0 Å². The third-order valence-electron chi connectivity index (χ3n) is 6.90. The highest BCUT2D eigenvalue weighted by atomic mass is 14.0. The Labute approximate surface area is 364 Å². The molecule has 0 aliphatic rings. The molecule has 57 heavy (non-hydrogen) atoms. The number of rotatable bonds is 4. The van der Waals surface area contributed by atoms with Crippen molar-refractivity contribution < 1.29 is 0 Å². The minimum Gasteiger partial charge on any atom is -0.0683 e. The minimum atomic E-state index is 0.653. The van der Waals surface area contributed by atoms with Gasteiger partial charge in [0.05, 0.1) is 0 Å². The molecule has 0 fully saturated rings. The molecule has 0 aliphatic carbocycles. The molecule has 0 aliphatic heterocycles. The van der Waals surface area contributed by atoms with Gasteiger partial charge in [0, 0.05) is 0 Å². The zero-order valence-corrected chi connectivity index (χ0v) is 43.8. The highest BCUT2D eigenvalue weighted by Crippen LogP contribution is 2.13. The van der Waals surface area contributed by atoms with E-state index in [-0.39, 0.29) is 0 Å². The molecular weight excluding hydrogens is 685 g/mol. The molecule has 4 aromatic rings. The van der Waals surface area contributed by atoms with Gasteiger partial charge >= 0.3 is 0 Å². The van der Waals surface area contributed by atoms with Gasteiger partial charge in [0.2, 0.25) is 0 Å². The summed E-state index contributed by atoms with van der Waals surface area (Å²) in [6.45, 7) is 52.5. The maximum absolute atomic E-state index is 2.21. The molecule has 0 atom stereocenters. The second kappa shape index (κ2) is 64.8. The summed E-state index contributed by atoms with van der Waals surface area (Å²) in [4.78, 5) is 0. The molecule has 0 N–H and O–H groups in total. The number of hydrogen-bond donors (Lipinski definition) is 0. The zero-order valence-electron chi connectivity index (χ0n) is 43.8. The van der Waals surface area contributed by atoms with Gasteiger partial charge in [0.25, 0.3) is 0 Å². The van der Waals surface area contributed by atoms with E-state index in [4.69, 9.17) is 0 Å². The fourth-order valence-corrected chi connectivity index (χ4v) is 2.86. The molecule has 0 spiro atoms. The van der Waals surface area contributed by atoms with Crippen molar-refractivity contribution in [2.24, 2.45) is 0 Å². The molecule has 0 amide bonds. The van der Waals surface area contributed by atoms with Gasteiger partial charge in [-0.2, -0.15) is 0 Å². The Morgan fingerprint density at radius 2 is 0.368 bits per heavy atom. The average Bonchev–Trinajstić information content (AvgIpc) is 3.25. The van der Waals surface area contributed by atoms with Crippen LogP contribution in [0.3, 0.4) is 0 Å². The van der Waals surface area contributed by atoms with Gasteiger partial charge in [-0.25, -0.2) is 0 Å². The predicted octanol–water partition coefficient (Wildman–Crippen LogP) is 21.0. The van der Waals surface area contributed by atoms with Gasteiger partial charge in [0.1, 0.15) is 0 Å². The Balaban J connectivity index is -0.0000000802. The largest absolute Gasteiger partial charge is 0.0683 e. The fraction of sp³-hybridized carbons (Fsp3) is 0.579. The van der Waals surface area contributed by atoms with Crippen molar-refractivity contribution >= 4 is 0 Å². The van der Waals surface area contributed by atoms with Gasteiger partial charge in [0.15, 0.2) is 0 Å². The highest BCUT2D eigenvalue weighted by molar-refractivity contribution is 5.23. The lowest BCUT2D eigenvalue weighted by Crippen LogP contribution is -1.85. The van der Waals surface area contributed by atoms with Crippen molar-refractivity contribution in [3.8, 4) is 0 Å². The second-order valence-electron chi connectivity index (χ2n) is 13.2. The van der Waals surface area contributed by atoms with E-state index in [1.165, 1.54) is 89.5 Å². The normalized spacial score (nSPS) is 8.04. The van der Waals surface area contributed by atoms with Crippen LogP contribution in [0, 0.1) is 48.5 Å². The van der Waals surface area contributed by atoms with Crippen molar-refractivity contribution in [1.82, 2.24) is 0 Å². The van der Waals surface area contributed by atoms with Crippen LogP contribution < -0.4 is 0 Å². The molecule has 4 rings (SSSR count). The standard InChI is InChI=1S/C10H14.3C8H10.3C4H10.C3H8.4C2H6/c1-8(2)10-6-4-9(3)5-7-10;3*1-7-3-5-8(2)6-4-7;3*1-3-4-2;1-3-2;4*1-2/h4-8H,1-3H3;3*3-6H,1-2H3;3*3-4H2,1-2H3;3H2,1-2H3;4*1-2H3. The van der Waals surface area contributed by atoms with Crippen LogP contribution in [0.1, 0.15) is 220 Å². The van der Waals surface area contributed by atoms with E-state index >= 15 is 0 Å². The second-order valence-corrected chi connectivity index (χ2v) is 13.2. The summed E-state index contributed by atoms with van der Waals surface area (Å²) in [5.41, 5.74) is 10.7. The summed E-state index contributed by atoms with van der Waals surface area (Å²) in [5, 5.41) is 0. The molecule has 0 heterocycles. The van der Waals surface area contributed by atoms with Gasteiger partial charge in [-0.3, -0.25) is 0 Å². The molecule has 334 valence electrons. The Morgan fingerprint density at radius 1 is 0.263 bits per heavy atom. The number of benzene rings is 4. The molecule has 0 nitrogen and oxygen atoms in total. The van der Waals surface area contributed by atoms with E-state index in [0.717, 1.165) is 0 Å². The van der Waals surface area contributed by atoms with Crippen molar-refractivity contribution in [2.75, 3.05) is 0 Å². The first-order chi connectivity index (χ1) is 27.2. The minimum absolute atomic E-state index is 0.653. The molecule has 0 heteroatoms. The summed E-state index contributed by atoms with van der Waals surface area (Å²) in [5.74, 6) is 0.653. The van der Waals surface area contributed by atoms with Crippen molar-refractivity contribution in [2.45, 2.75) is 224 Å². The van der Waals surface area contributed by atoms with Crippen molar-refractivity contribution in [3.05, 3.63) is 142 Å². The summed E-state index contributed by atoms with van der Waals surface area (Å²) < 4.78 is 0. The van der Waals surface area contributed by atoms with Crippen molar-refractivity contribution in [3.63, 3.8) is 0 Å². The monoisotopic (exact) mass is 791 g/mol. The van der Waals surface area contributed by atoms with Crippen LogP contribution in [-0.2, 0) is 0 Å². The van der Waals surface area contributed by atoms with Gasteiger partial charge < -0.3 is 0 Å². The van der Waals surface area contributed by atoms with Gasteiger partial charge in [-0.1, -0.05) is 306 Å². The molecule has 0 bridgehead atoms. The van der Waals surface area contributed by atoms with Gasteiger partial charge in [-0.15, -0.1) is 0 Å². The van der Waals surface area contributed by atoms with E-state index in [2.05, 4.69) is 215 Å². The molecule has 0 radical (unpaired) electrons. The van der Waals surface area contributed by atoms with E-state index in [9.17, 15) is 0 Å². The van der Waals surface area contributed by atoms with Crippen LogP contribution >= 0.6 is 0 Å². The van der Waals surface area contributed by atoms with Crippen LogP contribution in [0.25, 0.3) is 0 Å². The smallest absolute Gasteiger partial charge is 0.0219 e. The first kappa shape index (κ1) is 71.6. The lowest BCUT2D eigenvalue weighted by atomic mass is 10.0.